The van der Waals surface area contributed by atoms with Crippen LogP contribution in [0.2, 0.25) is 5.02 Å². The van der Waals surface area contributed by atoms with Crippen LogP contribution in [-0.4, -0.2) is 39.8 Å². The summed E-state index contributed by atoms with van der Waals surface area (Å²) in [5.74, 6) is -0.675. The van der Waals surface area contributed by atoms with Crippen molar-refractivity contribution < 1.29 is 23.1 Å². The van der Waals surface area contributed by atoms with Crippen molar-refractivity contribution in [2.75, 3.05) is 11.9 Å². The minimum Gasteiger partial charge on any atom is -0.471 e. The van der Waals surface area contributed by atoms with Gasteiger partial charge in [-0.25, -0.2) is 23.7 Å². The number of aryl methyl sites for hydroxylation is 1. The van der Waals surface area contributed by atoms with E-state index < -0.39 is 18.9 Å². The molecule has 0 aromatic carbocycles. The number of rotatable bonds is 8. The van der Waals surface area contributed by atoms with Gasteiger partial charge < -0.3 is 10.1 Å². The first-order valence-corrected chi connectivity index (χ1v) is 9.19. The number of ether oxygens (including phenoxy) is 1. The Morgan fingerprint density at radius 1 is 1.31 bits per heavy atom. The molecule has 1 saturated carbocycles. The van der Waals surface area contributed by atoms with Gasteiger partial charge in [0.25, 0.3) is 12.3 Å². The number of carbonyl (C=O) groups is 2. The monoisotopic (exact) mass is 425 g/mol. The fraction of sp³-hybridized carbons (Fsp3) is 0.389. The van der Waals surface area contributed by atoms with E-state index in [4.69, 9.17) is 16.3 Å². The lowest BCUT2D eigenvalue weighted by Gasteiger charge is -2.10. The van der Waals surface area contributed by atoms with Crippen LogP contribution in [0, 0.1) is 12.8 Å². The maximum absolute atomic E-state index is 12.4. The van der Waals surface area contributed by atoms with Crippen LogP contribution in [0.5, 0.6) is 5.88 Å². The van der Waals surface area contributed by atoms with Crippen molar-refractivity contribution in [2.24, 2.45) is 5.92 Å². The molecule has 29 heavy (non-hydrogen) atoms. The maximum atomic E-state index is 12.4. The lowest BCUT2D eigenvalue weighted by atomic mass is 10.2. The number of alkyl halides is 2. The van der Waals surface area contributed by atoms with E-state index in [1.54, 1.807) is 6.92 Å². The van der Waals surface area contributed by atoms with Crippen LogP contribution in [0.3, 0.4) is 0 Å². The lowest BCUT2D eigenvalue weighted by molar-refractivity contribution is -0.117. The topological polar surface area (TPSA) is 106 Å². The highest BCUT2D eigenvalue weighted by atomic mass is 35.5. The number of pyridine rings is 1. The van der Waals surface area contributed by atoms with Crippen molar-refractivity contribution >= 4 is 29.4 Å². The molecular formula is C18H18ClF2N5O3. The summed E-state index contributed by atoms with van der Waals surface area (Å²) in [4.78, 5) is 36.3. The fourth-order valence-corrected chi connectivity index (χ4v) is 2.62. The Morgan fingerprint density at radius 3 is 2.72 bits per heavy atom. The van der Waals surface area contributed by atoms with Gasteiger partial charge >= 0.3 is 0 Å². The molecule has 2 N–H and O–H groups in total. The van der Waals surface area contributed by atoms with E-state index in [-0.39, 0.29) is 40.9 Å². The zero-order valence-electron chi connectivity index (χ0n) is 15.4. The number of aromatic nitrogens is 3. The molecule has 3 rings (SSSR count). The molecule has 0 aliphatic heterocycles. The lowest BCUT2D eigenvalue weighted by Crippen LogP contribution is -2.25. The molecule has 0 spiro atoms. The molecule has 0 unspecified atom stereocenters. The third-order valence-corrected chi connectivity index (χ3v) is 4.20. The first-order chi connectivity index (χ1) is 13.8. The van der Waals surface area contributed by atoms with Crippen molar-refractivity contribution in [3.8, 4) is 5.88 Å². The Balaban J connectivity index is 1.60. The SMILES string of the molecule is Cc1cc(C(=O)NCc2cnc(OCC(F)F)c(Cl)c2)nc(NC(=O)C2CC2)n1. The van der Waals surface area contributed by atoms with E-state index >= 15 is 0 Å². The normalized spacial score (nSPS) is 13.3. The molecule has 8 nitrogen and oxygen atoms in total. The standard InChI is InChI=1S/C18H18ClF2N5O3/c1-9-4-13(25-18(24-9)26-15(27)11-2-3-11)16(28)22-6-10-5-12(19)17(23-7-10)29-8-14(20)21/h4-5,7,11,14H,2-3,6,8H2,1H3,(H,22,28)(H,24,25,26,27). The second-order valence-corrected chi connectivity index (χ2v) is 6.90. The Bertz CT molecular complexity index is 924. The summed E-state index contributed by atoms with van der Waals surface area (Å²) in [5, 5.41) is 5.32. The van der Waals surface area contributed by atoms with Crippen LogP contribution >= 0.6 is 11.6 Å². The van der Waals surface area contributed by atoms with Gasteiger partial charge in [0.15, 0.2) is 6.61 Å². The van der Waals surface area contributed by atoms with E-state index in [2.05, 4.69) is 25.6 Å². The molecule has 0 atom stereocenters. The fourth-order valence-electron chi connectivity index (χ4n) is 2.38. The van der Waals surface area contributed by atoms with Gasteiger partial charge in [0.1, 0.15) is 10.7 Å². The van der Waals surface area contributed by atoms with Gasteiger partial charge in [0.05, 0.1) is 0 Å². The van der Waals surface area contributed by atoms with Gasteiger partial charge in [-0.1, -0.05) is 11.6 Å². The molecule has 0 bridgehead atoms. The third-order valence-electron chi connectivity index (χ3n) is 3.93. The molecule has 2 heterocycles. The van der Waals surface area contributed by atoms with Crippen LogP contribution < -0.4 is 15.4 Å². The summed E-state index contributed by atoms with van der Waals surface area (Å²) in [7, 11) is 0. The number of amides is 2. The van der Waals surface area contributed by atoms with Crippen molar-refractivity contribution in [3.63, 3.8) is 0 Å². The Morgan fingerprint density at radius 2 is 2.07 bits per heavy atom. The maximum Gasteiger partial charge on any atom is 0.272 e. The first kappa shape index (κ1) is 20.8. The molecule has 1 aliphatic carbocycles. The third kappa shape index (κ3) is 6.05. The highest BCUT2D eigenvalue weighted by Crippen LogP contribution is 2.29. The van der Waals surface area contributed by atoms with Crippen molar-refractivity contribution in [1.29, 1.82) is 0 Å². The van der Waals surface area contributed by atoms with E-state index in [0.29, 0.717) is 11.3 Å². The number of halogens is 3. The first-order valence-electron chi connectivity index (χ1n) is 8.82. The average Bonchev–Trinajstić information content (AvgIpc) is 3.50. The minimum absolute atomic E-state index is 0.0127. The zero-order chi connectivity index (χ0) is 21.0. The van der Waals surface area contributed by atoms with Gasteiger partial charge in [-0.2, -0.15) is 0 Å². The Labute approximate surface area is 170 Å². The van der Waals surface area contributed by atoms with E-state index in [9.17, 15) is 18.4 Å². The summed E-state index contributed by atoms with van der Waals surface area (Å²) >= 11 is 5.96. The molecular weight excluding hydrogens is 408 g/mol. The minimum atomic E-state index is -2.64. The number of carbonyl (C=O) groups excluding carboxylic acids is 2. The predicted octanol–water partition coefficient (Wildman–Crippen LogP) is 2.76. The average molecular weight is 426 g/mol. The van der Waals surface area contributed by atoms with Gasteiger partial charge in [-0.3, -0.25) is 14.9 Å². The summed E-state index contributed by atoms with van der Waals surface area (Å²) in [5.41, 5.74) is 1.17. The number of hydrogen-bond acceptors (Lipinski definition) is 6. The molecule has 1 fully saturated rings. The Hall–Kier alpha value is -2.88. The summed E-state index contributed by atoms with van der Waals surface area (Å²) in [6.45, 7) is 0.954. The van der Waals surface area contributed by atoms with Gasteiger partial charge in [-0.05, 0) is 37.5 Å². The van der Waals surface area contributed by atoms with Gasteiger partial charge in [0, 0.05) is 24.4 Å². The number of anilines is 1. The van der Waals surface area contributed by atoms with Gasteiger partial charge in [0.2, 0.25) is 17.7 Å². The molecule has 2 aromatic heterocycles. The summed E-state index contributed by atoms with van der Waals surface area (Å²) in [6, 6.07) is 2.96. The smallest absolute Gasteiger partial charge is 0.272 e. The second-order valence-electron chi connectivity index (χ2n) is 6.50. The van der Waals surface area contributed by atoms with Crippen molar-refractivity contribution in [2.45, 2.75) is 32.7 Å². The molecule has 154 valence electrons. The zero-order valence-corrected chi connectivity index (χ0v) is 16.2. The largest absolute Gasteiger partial charge is 0.471 e. The number of hydrogen-bond donors (Lipinski definition) is 2. The Kier molecular flexibility index (Phi) is 6.53. The van der Waals surface area contributed by atoms with E-state index in [1.165, 1.54) is 18.3 Å². The molecule has 2 amide bonds. The highest BCUT2D eigenvalue weighted by molar-refractivity contribution is 6.31. The quantitative estimate of drug-likeness (QED) is 0.673. The molecule has 2 aromatic rings. The summed E-state index contributed by atoms with van der Waals surface area (Å²) < 4.78 is 29.2. The van der Waals surface area contributed by atoms with Crippen molar-refractivity contribution in [3.05, 3.63) is 40.3 Å². The molecule has 11 heteroatoms. The second kappa shape index (κ2) is 9.08. The van der Waals surface area contributed by atoms with Crippen molar-refractivity contribution in [1.82, 2.24) is 20.3 Å². The summed E-state index contributed by atoms with van der Waals surface area (Å²) in [6.07, 6.45) is 0.405. The highest BCUT2D eigenvalue weighted by Gasteiger charge is 2.30. The van der Waals surface area contributed by atoms with E-state index in [0.717, 1.165) is 12.8 Å². The van der Waals surface area contributed by atoms with Crippen LogP contribution in [0.1, 0.15) is 34.6 Å². The predicted molar refractivity (Wildman–Crippen MR) is 100 cm³/mol. The van der Waals surface area contributed by atoms with Crippen LogP contribution in [0.25, 0.3) is 0 Å². The van der Waals surface area contributed by atoms with Crippen LogP contribution in [-0.2, 0) is 11.3 Å². The molecule has 1 aliphatic rings. The van der Waals surface area contributed by atoms with Gasteiger partial charge in [-0.15, -0.1) is 0 Å². The van der Waals surface area contributed by atoms with Crippen LogP contribution in [0.4, 0.5) is 14.7 Å². The number of nitrogens with zero attached hydrogens (tertiary/aromatic N) is 3. The number of nitrogens with one attached hydrogen (secondary N) is 2. The molecule has 0 radical (unpaired) electrons. The molecule has 0 saturated heterocycles. The van der Waals surface area contributed by atoms with E-state index in [1.807, 2.05) is 0 Å². The van der Waals surface area contributed by atoms with Crippen LogP contribution in [0.15, 0.2) is 18.3 Å².